The lowest BCUT2D eigenvalue weighted by Gasteiger charge is -2.36. The maximum atomic E-state index is 12.2. The third kappa shape index (κ3) is 2.15. The van der Waals surface area contributed by atoms with Crippen LogP contribution in [0.5, 0.6) is 0 Å². The monoisotopic (exact) mass is 277 g/mol. The Hall–Kier alpha value is -2.09. The van der Waals surface area contributed by atoms with Crippen LogP contribution in [0.3, 0.4) is 0 Å². The van der Waals surface area contributed by atoms with Crippen LogP contribution in [0, 0.1) is 0 Å². The Bertz CT molecular complexity index is 691. The number of hydrogen-bond donors (Lipinski definition) is 0. The van der Waals surface area contributed by atoms with Crippen LogP contribution < -0.4 is 4.90 Å². The summed E-state index contributed by atoms with van der Waals surface area (Å²) in [6.07, 6.45) is 2.80. The van der Waals surface area contributed by atoms with E-state index in [1.54, 1.807) is 0 Å². The number of anilines is 1. The van der Waals surface area contributed by atoms with Gasteiger partial charge in [0.15, 0.2) is 5.78 Å². The Labute approximate surface area is 125 Å². The van der Waals surface area contributed by atoms with Crippen molar-refractivity contribution in [2.75, 3.05) is 18.0 Å². The Morgan fingerprint density at radius 1 is 1.05 bits per heavy atom. The first-order valence-corrected chi connectivity index (χ1v) is 7.78. The first-order chi connectivity index (χ1) is 10.3. The molecular weight excluding hydrogens is 258 g/mol. The predicted octanol–water partition coefficient (Wildman–Crippen LogP) is 3.81. The van der Waals surface area contributed by atoms with Crippen molar-refractivity contribution in [3.8, 4) is 0 Å². The van der Waals surface area contributed by atoms with Gasteiger partial charge >= 0.3 is 0 Å². The van der Waals surface area contributed by atoms with Crippen LogP contribution in [-0.4, -0.2) is 18.9 Å². The molecule has 0 aromatic heterocycles. The lowest BCUT2D eigenvalue weighted by atomic mass is 9.77. The van der Waals surface area contributed by atoms with Gasteiger partial charge in [-0.3, -0.25) is 4.79 Å². The topological polar surface area (TPSA) is 20.3 Å². The van der Waals surface area contributed by atoms with Crippen molar-refractivity contribution < 1.29 is 4.79 Å². The number of benzene rings is 2. The van der Waals surface area contributed by atoms with Gasteiger partial charge in [-0.05, 0) is 36.1 Å². The molecule has 0 saturated heterocycles. The zero-order valence-corrected chi connectivity index (χ0v) is 12.1. The molecule has 2 nitrogen and oxygen atoms in total. The molecule has 0 fully saturated rings. The first kappa shape index (κ1) is 12.6. The minimum atomic E-state index is 0.294. The van der Waals surface area contributed by atoms with E-state index in [9.17, 15) is 4.79 Å². The number of carbonyl (C=O) groups is 1. The second-order valence-corrected chi connectivity index (χ2v) is 6.09. The van der Waals surface area contributed by atoms with Crippen LogP contribution in [-0.2, 0) is 6.42 Å². The summed E-state index contributed by atoms with van der Waals surface area (Å²) in [7, 11) is 0. The summed E-state index contributed by atoms with van der Waals surface area (Å²) >= 11 is 0. The molecule has 0 bridgehead atoms. The second-order valence-electron chi connectivity index (χ2n) is 6.09. The number of Topliss-reactive ketones (excluding diaryl/α,β-unsaturated/α-hetero) is 1. The molecule has 0 N–H and O–H groups in total. The lowest BCUT2D eigenvalue weighted by molar-refractivity contribution is 0.0984. The van der Waals surface area contributed by atoms with E-state index in [-0.39, 0.29) is 0 Å². The smallest absolute Gasteiger partial charge is 0.165 e. The molecule has 0 radical (unpaired) electrons. The van der Waals surface area contributed by atoms with E-state index in [1.807, 2.05) is 18.2 Å². The molecule has 0 spiro atoms. The average molecular weight is 277 g/mol. The van der Waals surface area contributed by atoms with E-state index in [1.165, 1.54) is 17.5 Å². The highest BCUT2D eigenvalue weighted by Gasteiger charge is 2.29. The highest BCUT2D eigenvalue weighted by Crippen LogP contribution is 2.37. The number of nitrogens with zero attached hydrogens (tertiary/aromatic N) is 1. The molecule has 1 aliphatic heterocycles. The summed E-state index contributed by atoms with van der Waals surface area (Å²) in [5, 5.41) is 0. The van der Waals surface area contributed by atoms with Gasteiger partial charge in [0.2, 0.25) is 0 Å². The van der Waals surface area contributed by atoms with E-state index < -0.39 is 0 Å². The highest BCUT2D eigenvalue weighted by molar-refractivity contribution is 6.01. The summed E-state index contributed by atoms with van der Waals surface area (Å²) < 4.78 is 0. The lowest BCUT2D eigenvalue weighted by Crippen LogP contribution is -2.34. The fraction of sp³-hybridized carbons (Fsp3) is 0.316. The SMILES string of the molecule is O=C1CCCN(CC2Cc3ccccc32)c2ccccc21. The molecule has 106 valence electrons. The largest absolute Gasteiger partial charge is 0.370 e. The molecule has 2 heteroatoms. The van der Waals surface area contributed by atoms with Gasteiger partial charge in [0.1, 0.15) is 0 Å². The van der Waals surface area contributed by atoms with Gasteiger partial charge in [-0.1, -0.05) is 36.4 Å². The van der Waals surface area contributed by atoms with E-state index in [0.717, 1.165) is 30.8 Å². The Morgan fingerprint density at radius 3 is 2.76 bits per heavy atom. The van der Waals surface area contributed by atoms with Crippen molar-refractivity contribution in [1.29, 1.82) is 0 Å². The molecule has 0 amide bonds. The highest BCUT2D eigenvalue weighted by atomic mass is 16.1. The Balaban J connectivity index is 1.61. The fourth-order valence-electron chi connectivity index (χ4n) is 3.65. The van der Waals surface area contributed by atoms with E-state index in [2.05, 4.69) is 35.2 Å². The van der Waals surface area contributed by atoms with Crippen LogP contribution in [0.1, 0.15) is 40.2 Å². The fourth-order valence-corrected chi connectivity index (χ4v) is 3.65. The molecule has 1 heterocycles. The van der Waals surface area contributed by atoms with Gasteiger partial charge in [0.05, 0.1) is 0 Å². The van der Waals surface area contributed by atoms with Gasteiger partial charge in [-0.25, -0.2) is 0 Å². The predicted molar refractivity (Wildman–Crippen MR) is 85.1 cm³/mol. The molecule has 1 atom stereocenters. The maximum Gasteiger partial charge on any atom is 0.165 e. The minimum Gasteiger partial charge on any atom is -0.370 e. The number of ketones is 1. The zero-order chi connectivity index (χ0) is 14.2. The normalized spacial score (nSPS) is 20.3. The number of rotatable bonds is 2. The van der Waals surface area contributed by atoms with Gasteiger partial charge in [-0.15, -0.1) is 0 Å². The van der Waals surface area contributed by atoms with Crippen molar-refractivity contribution in [3.05, 3.63) is 65.2 Å². The van der Waals surface area contributed by atoms with Gasteiger partial charge in [-0.2, -0.15) is 0 Å². The summed E-state index contributed by atoms with van der Waals surface area (Å²) in [5.74, 6) is 0.907. The van der Waals surface area contributed by atoms with Crippen molar-refractivity contribution in [2.45, 2.75) is 25.2 Å². The molecule has 0 saturated carbocycles. The van der Waals surface area contributed by atoms with E-state index in [0.29, 0.717) is 18.1 Å². The zero-order valence-electron chi connectivity index (χ0n) is 12.1. The molecular formula is C19H19NO. The Morgan fingerprint density at radius 2 is 1.86 bits per heavy atom. The third-order valence-corrected chi connectivity index (χ3v) is 4.78. The van der Waals surface area contributed by atoms with Gasteiger partial charge < -0.3 is 4.90 Å². The van der Waals surface area contributed by atoms with Gasteiger partial charge in [0.25, 0.3) is 0 Å². The van der Waals surface area contributed by atoms with Crippen LogP contribution in [0.15, 0.2) is 48.5 Å². The summed E-state index contributed by atoms with van der Waals surface area (Å²) in [6.45, 7) is 2.02. The summed E-state index contributed by atoms with van der Waals surface area (Å²) in [4.78, 5) is 14.6. The van der Waals surface area contributed by atoms with Crippen molar-refractivity contribution in [3.63, 3.8) is 0 Å². The summed E-state index contributed by atoms with van der Waals surface area (Å²) in [6, 6.07) is 16.8. The number of fused-ring (bicyclic) bond motifs is 2. The number of para-hydroxylation sites is 1. The minimum absolute atomic E-state index is 0.294. The summed E-state index contributed by atoms with van der Waals surface area (Å²) in [5.41, 5.74) is 5.01. The molecule has 2 aromatic rings. The quantitative estimate of drug-likeness (QED) is 0.832. The van der Waals surface area contributed by atoms with Crippen LogP contribution in [0.4, 0.5) is 5.69 Å². The van der Waals surface area contributed by atoms with Gasteiger partial charge in [0, 0.05) is 36.7 Å². The molecule has 1 unspecified atom stereocenters. The first-order valence-electron chi connectivity index (χ1n) is 7.78. The second kappa shape index (κ2) is 5.03. The molecule has 21 heavy (non-hydrogen) atoms. The third-order valence-electron chi connectivity index (χ3n) is 4.78. The molecule has 1 aliphatic carbocycles. The van der Waals surface area contributed by atoms with Crippen molar-refractivity contribution in [2.24, 2.45) is 0 Å². The molecule has 2 aliphatic rings. The number of hydrogen-bond acceptors (Lipinski definition) is 2. The van der Waals surface area contributed by atoms with E-state index >= 15 is 0 Å². The Kier molecular flexibility index (Phi) is 3.03. The molecule has 4 rings (SSSR count). The molecule has 2 aromatic carbocycles. The standard InChI is InChI=1S/C19H19NO/c21-19-10-5-11-20(18-9-4-3-8-17(18)19)13-15-12-14-6-1-2-7-16(14)15/h1-4,6-9,15H,5,10-13H2. The maximum absolute atomic E-state index is 12.2. The van der Waals surface area contributed by atoms with Crippen LogP contribution in [0.25, 0.3) is 0 Å². The number of carbonyl (C=O) groups excluding carboxylic acids is 1. The average Bonchev–Trinajstić information content (AvgIpc) is 2.65. The van der Waals surface area contributed by atoms with E-state index in [4.69, 9.17) is 0 Å². The van der Waals surface area contributed by atoms with Crippen LogP contribution >= 0.6 is 0 Å². The van der Waals surface area contributed by atoms with Crippen molar-refractivity contribution in [1.82, 2.24) is 0 Å². The van der Waals surface area contributed by atoms with Crippen molar-refractivity contribution >= 4 is 11.5 Å². The van der Waals surface area contributed by atoms with Crippen LogP contribution in [0.2, 0.25) is 0 Å².